The topological polar surface area (TPSA) is 62.8 Å². The molecule has 0 unspecified atom stereocenters. The molecular weight excluding hydrogens is 300 g/mol. The minimum Gasteiger partial charge on any atom is -0.497 e. The van der Waals surface area contributed by atoms with E-state index in [1.807, 2.05) is 48.7 Å². The SMILES string of the molecule is COc1cccc(-c2c[nH]c3ccnc(Nc4ccccn4)c23)c1. The van der Waals surface area contributed by atoms with Crippen LogP contribution in [-0.4, -0.2) is 22.1 Å². The number of pyridine rings is 2. The van der Waals surface area contributed by atoms with Gasteiger partial charge in [-0.05, 0) is 35.9 Å². The third-order valence-electron chi connectivity index (χ3n) is 3.88. The first-order valence-corrected chi connectivity index (χ1v) is 7.64. The van der Waals surface area contributed by atoms with Crippen molar-refractivity contribution in [1.29, 1.82) is 0 Å². The van der Waals surface area contributed by atoms with Crippen LogP contribution < -0.4 is 10.1 Å². The number of aromatic nitrogens is 3. The monoisotopic (exact) mass is 316 g/mol. The van der Waals surface area contributed by atoms with E-state index in [0.29, 0.717) is 0 Å². The zero-order valence-electron chi connectivity index (χ0n) is 13.2. The molecule has 0 saturated carbocycles. The van der Waals surface area contributed by atoms with Crippen molar-refractivity contribution < 1.29 is 4.74 Å². The van der Waals surface area contributed by atoms with Crippen molar-refractivity contribution in [1.82, 2.24) is 15.0 Å². The normalized spacial score (nSPS) is 10.7. The number of methoxy groups -OCH3 is 1. The van der Waals surface area contributed by atoms with E-state index in [1.54, 1.807) is 19.5 Å². The van der Waals surface area contributed by atoms with Gasteiger partial charge in [-0.15, -0.1) is 0 Å². The molecule has 0 saturated heterocycles. The lowest BCUT2D eigenvalue weighted by Crippen LogP contribution is -1.96. The average molecular weight is 316 g/mol. The summed E-state index contributed by atoms with van der Waals surface area (Å²) in [5.74, 6) is 2.35. The molecule has 4 aromatic rings. The first kappa shape index (κ1) is 14.3. The Bertz CT molecular complexity index is 979. The van der Waals surface area contributed by atoms with Crippen LogP contribution in [0, 0.1) is 0 Å². The third-order valence-corrected chi connectivity index (χ3v) is 3.88. The quantitative estimate of drug-likeness (QED) is 0.586. The first-order chi connectivity index (χ1) is 11.8. The molecule has 24 heavy (non-hydrogen) atoms. The Labute approximate surface area is 139 Å². The van der Waals surface area contributed by atoms with Gasteiger partial charge in [0, 0.05) is 24.2 Å². The predicted molar refractivity (Wildman–Crippen MR) is 95.6 cm³/mol. The average Bonchev–Trinajstić information content (AvgIpc) is 3.08. The van der Waals surface area contributed by atoms with Crippen molar-refractivity contribution in [3.8, 4) is 16.9 Å². The Balaban J connectivity index is 1.85. The van der Waals surface area contributed by atoms with Crippen LogP contribution in [0.3, 0.4) is 0 Å². The summed E-state index contributed by atoms with van der Waals surface area (Å²) in [4.78, 5) is 12.1. The molecule has 3 aromatic heterocycles. The summed E-state index contributed by atoms with van der Waals surface area (Å²) in [6.07, 6.45) is 5.52. The van der Waals surface area contributed by atoms with Crippen LogP contribution in [0.15, 0.2) is 67.1 Å². The summed E-state index contributed by atoms with van der Waals surface area (Å²) in [6, 6.07) is 15.7. The van der Waals surface area contributed by atoms with E-state index in [-0.39, 0.29) is 0 Å². The Hall–Kier alpha value is -3.34. The van der Waals surface area contributed by atoms with E-state index in [1.165, 1.54) is 0 Å². The van der Waals surface area contributed by atoms with Crippen LogP contribution in [0.5, 0.6) is 5.75 Å². The van der Waals surface area contributed by atoms with E-state index in [2.05, 4.69) is 26.3 Å². The van der Waals surface area contributed by atoms with Crippen molar-refractivity contribution >= 4 is 22.5 Å². The lowest BCUT2D eigenvalue weighted by Gasteiger charge is -2.08. The molecule has 0 aliphatic heterocycles. The fraction of sp³-hybridized carbons (Fsp3) is 0.0526. The Kier molecular flexibility index (Phi) is 3.59. The van der Waals surface area contributed by atoms with E-state index in [4.69, 9.17) is 4.74 Å². The van der Waals surface area contributed by atoms with Crippen molar-refractivity contribution in [2.24, 2.45) is 0 Å². The lowest BCUT2D eigenvalue weighted by atomic mass is 10.0. The predicted octanol–water partition coefficient (Wildman–Crippen LogP) is 4.38. The second kappa shape index (κ2) is 6.04. The largest absolute Gasteiger partial charge is 0.497 e. The molecule has 0 bridgehead atoms. The van der Waals surface area contributed by atoms with Crippen molar-refractivity contribution in [3.63, 3.8) is 0 Å². The zero-order chi connectivity index (χ0) is 16.4. The van der Waals surface area contributed by atoms with Crippen molar-refractivity contribution in [2.45, 2.75) is 0 Å². The van der Waals surface area contributed by atoms with Gasteiger partial charge in [-0.3, -0.25) is 0 Å². The first-order valence-electron chi connectivity index (χ1n) is 7.64. The zero-order valence-corrected chi connectivity index (χ0v) is 13.2. The van der Waals surface area contributed by atoms with Crippen LogP contribution in [0.1, 0.15) is 0 Å². The molecule has 1 aromatic carbocycles. The molecule has 5 heteroatoms. The molecule has 0 aliphatic carbocycles. The minimum atomic E-state index is 0.760. The van der Waals surface area contributed by atoms with Gasteiger partial charge in [-0.1, -0.05) is 18.2 Å². The lowest BCUT2D eigenvalue weighted by molar-refractivity contribution is 0.415. The number of nitrogens with one attached hydrogen (secondary N) is 2. The molecule has 0 spiro atoms. The van der Waals surface area contributed by atoms with Gasteiger partial charge < -0.3 is 15.0 Å². The van der Waals surface area contributed by atoms with Gasteiger partial charge in [0.2, 0.25) is 0 Å². The van der Waals surface area contributed by atoms with Gasteiger partial charge in [0.1, 0.15) is 17.4 Å². The van der Waals surface area contributed by atoms with Crippen LogP contribution >= 0.6 is 0 Å². The Morgan fingerprint density at radius 3 is 2.79 bits per heavy atom. The summed E-state index contributed by atoms with van der Waals surface area (Å²) >= 11 is 0. The number of ether oxygens (including phenoxy) is 1. The van der Waals surface area contributed by atoms with Gasteiger partial charge >= 0.3 is 0 Å². The molecule has 2 N–H and O–H groups in total. The van der Waals surface area contributed by atoms with Crippen LogP contribution in [0.2, 0.25) is 0 Å². The third kappa shape index (κ3) is 2.56. The molecule has 0 aliphatic rings. The number of benzene rings is 1. The Morgan fingerprint density at radius 1 is 1.00 bits per heavy atom. The number of aromatic amines is 1. The fourth-order valence-electron chi connectivity index (χ4n) is 2.75. The molecule has 0 fully saturated rings. The summed E-state index contributed by atoms with van der Waals surface area (Å²) < 4.78 is 5.34. The maximum Gasteiger partial charge on any atom is 0.141 e. The number of nitrogens with zero attached hydrogens (tertiary/aromatic N) is 2. The molecule has 0 atom stereocenters. The number of rotatable bonds is 4. The minimum absolute atomic E-state index is 0.760. The van der Waals surface area contributed by atoms with E-state index in [0.717, 1.165) is 39.4 Å². The standard InChI is InChI=1S/C19H16N4O/c1-24-14-6-4-5-13(11-14)15-12-22-16-8-10-21-19(18(15)16)23-17-7-2-3-9-20-17/h2-12,22H,1H3,(H,20,21,23). The van der Waals surface area contributed by atoms with E-state index < -0.39 is 0 Å². The summed E-state index contributed by atoms with van der Waals surface area (Å²) in [7, 11) is 1.67. The molecule has 0 amide bonds. The highest BCUT2D eigenvalue weighted by molar-refractivity contribution is 6.03. The van der Waals surface area contributed by atoms with Gasteiger partial charge in [0.15, 0.2) is 0 Å². The molecule has 5 nitrogen and oxygen atoms in total. The second-order valence-electron chi connectivity index (χ2n) is 5.36. The summed E-state index contributed by atoms with van der Waals surface area (Å²) in [5, 5.41) is 4.32. The maximum absolute atomic E-state index is 5.34. The second-order valence-corrected chi connectivity index (χ2v) is 5.36. The number of hydrogen-bond donors (Lipinski definition) is 2. The fourth-order valence-corrected chi connectivity index (χ4v) is 2.75. The Morgan fingerprint density at radius 2 is 1.96 bits per heavy atom. The molecule has 3 heterocycles. The molecule has 118 valence electrons. The molecular formula is C19H16N4O. The highest BCUT2D eigenvalue weighted by atomic mass is 16.5. The number of anilines is 2. The van der Waals surface area contributed by atoms with Gasteiger partial charge in [-0.2, -0.15) is 0 Å². The van der Waals surface area contributed by atoms with Crippen LogP contribution in [0.25, 0.3) is 22.0 Å². The maximum atomic E-state index is 5.34. The highest BCUT2D eigenvalue weighted by Crippen LogP contribution is 2.34. The van der Waals surface area contributed by atoms with Crippen LogP contribution in [-0.2, 0) is 0 Å². The smallest absolute Gasteiger partial charge is 0.141 e. The van der Waals surface area contributed by atoms with Crippen molar-refractivity contribution in [2.75, 3.05) is 12.4 Å². The number of fused-ring (bicyclic) bond motifs is 1. The number of H-pyrrole nitrogens is 1. The molecule has 4 rings (SSSR count). The highest BCUT2D eigenvalue weighted by Gasteiger charge is 2.12. The van der Waals surface area contributed by atoms with Crippen molar-refractivity contribution in [3.05, 3.63) is 67.1 Å². The summed E-state index contributed by atoms with van der Waals surface area (Å²) in [5.41, 5.74) is 3.15. The van der Waals surface area contributed by atoms with Crippen LogP contribution in [0.4, 0.5) is 11.6 Å². The van der Waals surface area contributed by atoms with Gasteiger partial charge in [0.25, 0.3) is 0 Å². The van der Waals surface area contributed by atoms with Gasteiger partial charge in [-0.25, -0.2) is 9.97 Å². The number of hydrogen-bond acceptors (Lipinski definition) is 4. The van der Waals surface area contributed by atoms with E-state index in [9.17, 15) is 0 Å². The van der Waals surface area contributed by atoms with Gasteiger partial charge in [0.05, 0.1) is 18.0 Å². The molecule has 0 radical (unpaired) electrons. The summed E-state index contributed by atoms with van der Waals surface area (Å²) in [6.45, 7) is 0. The van der Waals surface area contributed by atoms with E-state index >= 15 is 0 Å².